The minimum absolute atomic E-state index is 0.435. The lowest BCUT2D eigenvalue weighted by atomic mass is 9.92. The molecule has 2 rings (SSSR count). The topological polar surface area (TPSA) is 75.7 Å². The molecule has 1 N–H and O–H groups in total. The highest BCUT2D eigenvalue weighted by Crippen LogP contribution is 2.28. The minimum Gasteiger partial charge on any atom is -0.468 e. The molecule has 1 aromatic carbocycles. The van der Waals surface area contributed by atoms with E-state index in [1.165, 1.54) is 38.3 Å². The van der Waals surface area contributed by atoms with Gasteiger partial charge in [-0.05, 0) is 24.6 Å². The normalized spacial score (nSPS) is 21.9. The predicted octanol–water partition coefficient (Wildman–Crippen LogP) is 0.766. The standard InChI is InChI=1S/C13H13FN2O4/c1-13(8-3-5-9(14)6-4-8)11(18)16(12(19)15-13)7-10(17)20-2/h3-6H,7H2,1-2H3,(H,15,19). The first-order valence-corrected chi connectivity index (χ1v) is 5.85. The Morgan fingerprint density at radius 1 is 1.35 bits per heavy atom. The van der Waals surface area contributed by atoms with Crippen molar-refractivity contribution in [3.63, 3.8) is 0 Å². The van der Waals surface area contributed by atoms with Crippen molar-refractivity contribution in [3.05, 3.63) is 35.6 Å². The largest absolute Gasteiger partial charge is 0.468 e. The van der Waals surface area contributed by atoms with Gasteiger partial charge in [0.05, 0.1) is 7.11 Å². The summed E-state index contributed by atoms with van der Waals surface area (Å²) in [6.45, 7) is 1.04. The van der Waals surface area contributed by atoms with Crippen LogP contribution in [0, 0.1) is 5.82 Å². The molecule has 0 spiro atoms. The van der Waals surface area contributed by atoms with Crippen molar-refractivity contribution in [1.82, 2.24) is 10.2 Å². The Bertz CT molecular complexity index is 572. The Morgan fingerprint density at radius 2 is 1.95 bits per heavy atom. The van der Waals surface area contributed by atoms with Crippen molar-refractivity contribution >= 4 is 17.9 Å². The molecular weight excluding hydrogens is 267 g/mol. The molecule has 0 saturated carbocycles. The van der Waals surface area contributed by atoms with Gasteiger partial charge in [0.1, 0.15) is 17.9 Å². The molecule has 7 heteroatoms. The summed E-state index contributed by atoms with van der Waals surface area (Å²) in [7, 11) is 1.17. The Hall–Kier alpha value is -2.44. The van der Waals surface area contributed by atoms with Crippen molar-refractivity contribution in [2.75, 3.05) is 13.7 Å². The first-order valence-electron chi connectivity index (χ1n) is 5.85. The number of nitrogens with zero attached hydrogens (tertiary/aromatic N) is 1. The van der Waals surface area contributed by atoms with Crippen LogP contribution < -0.4 is 5.32 Å². The summed E-state index contributed by atoms with van der Waals surface area (Å²) in [4.78, 5) is 36.1. The minimum atomic E-state index is -1.32. The number of carbonyl (C=O) groups is 3. The van der Waals surface area contributed by atoms with Crippen LogP contribution in [0.15, 0.2) is 24.3 Å². The molecule has 1 unspecified atom stereocenters. The van der Waals surface area contributed by atoms with Crippen molar-refractivity contribution in [2.45, 2.75) is 12.5 Å². The van der Waals surface area contributed by atoms with Gasteiger partial charge in [-0.25, -0.2) is 9.18 Å². The number of nitrogens with one attached hydrogen (secondary N) is 1. The fourth-order valence-electron chi connectivity index (χ4n) is 2.01. The quantitative estimate of drug-likeness (QED) is 0.655. The highest BCUT2D eigenvalue weighted by molar-refractivity contribution is 6.08. The van der Waals surface area contributed by atoms with E-state index in [4.69, 9.17) is 0 Å². The predicted molar refractivity (Wildman–Crippen MR) is 66.0 cm³/mol. The molecule has 3 amide bonds. The van der Waals surface area contributed by atoms with Crippen LogP contribution in [0.25, 0.3) is 0 Å². The summed E-state index contributed by atoms with van der Waals surface area (Å²) in [5.41, 5.74) is -0.886. The molecule has 6 nitrogen and oxygen atoms in total. The number of esters is 1. The van der Waals surface area contributed by atoms with Gasteiger partial charge in [0.2, 0.25) is 0 Å². The van der Waals surface area contributed by atoms with Gasteiger partial charge in [-0.3, -0.25) is 14.5 Å². The highest BCUT2D eigenvalue weighted by Gasteiger charge is 2.49. The summed E-state index contributed by atoms with van der Waals surface area (Å²) in [5.74, 6) is -1.73. The molecule has 0 aromatic heterocycles. The van der Waals surface area contributed by atoms with E-state index in [0.717, 1.165) is 4.90 Å². The fourth-order valence-corrected chi connectivity index (χ4v) is 2.01. The lowest BCUT2D eigenvalue weighted by Gasteiger charge is -2.21. The van der Waals surface area contributed by atoms with Crippen LogP contribution in [-0.4, -0.2) is 36.5 Å². The molecule has 106 valence electrons. The Labute approximate surface area is 114 Å². The molecule has 1 atom stereocenters. The molecule has 0 radical (unpaired) electrons. The number of hydrogen-bond acceptors (Lipinski definition) is 4. The fraction of sp³-hybridized carbons (Fsp3) is 0.308. The van der Waals surface area contributed by atoms with Gasteiger partial charge < -0.3 is 10.1 Å². The third-order valence-electron chi connectivity index (χ3n) is 3.21. The van der Waals surface area contributed by atoms with E-state index in [2.05, 4.69) is 10.1 Å². The van der Waals surface area contributed by atoms with Crippen LogP contribution in [0.5, 0.6) is 0 Å². The van der Waals surface area contributed by atoms with E-state index in [0.29, 0.717) is 5.56 Å². The van der Waals surface area contributed by atoms with E-state index in [-0.39, 0.29) is 0 Å². The van der Waals surface area contributed by atoms with E-state index in [1.807, 2.05) is 0 Å². The van der Waals surface area contributed by atoms with Gasteiger partial charge in [0, 0.05) is 0 Å². The lowest BCUT2D eigenvalue weighted by Crippen LogP contribution is -2.41. The molecule has 1 aliphatic rings. The second-order valence-electron chi connectivity index (χ2n) is 4.53. The van der Waals surface area contributed by atoms with Crippen LogP contribution in [0.3, 0.4) is 0 Å². The third kappa shape index (κ3) is 2.22. The SMILES string of the molecule is COC(=O)CN1C(=O)NC(C)(c2ccc(F)cc2)C1=O. The summed E-state index contributed by atoms with van der Waals surface area (Å²) in [6, 6.07) is 4.53. The second kappa shape index (κ2) is 4.92. The molecule has 1 aromatic rings. The van der Waals surface area contributed by atoms with Crippen molar-refractivity contribution < 1.29 is 23.5 Å². The molecule has 1 fully saturated rings. The van der Waals surface area contributed by atoms with Crippen LogP contribution in [0.1, 0.15) is 12.5 Å². The monoisotopic (exact) mass is 280 g/mol. The zero-order chi connectivity index (χ0) is 14.9. The number of carbonyl (C=O) groups excluding carboxylic acids is 3. The third-order valence-corrected chi connectivity index (χ3v) is 3.21. The maximum Gasteiger partial charge on any atom is 0.325 e. The molecule has 1 saturated heterocycles. The summed E-state index contributed by atoms with van der Waals surface area (Å²) in [5, 5.41) is 2.50. The smallest absolute Gasteiger partial charge is 0.325 e. The first kappa shape index (κ1) is 14.0. The lowest BCUT2D eigenvalue weighted by molar-refractivity contribution is -0.145. The van der Waals surface area contributed by atoms with Crippen LogP contribution in [0.4, 0.5) is 9.18 Å². The number of benzene rings is 1. The average Bonchev–Trinajstić information content (AvgIpc) is 2.64. The Balaban J connectivity index is 2.30. The van der Waals surface area contributed by atoms with Gasteiger partial charge in [-0.1, -0.05) is 12.1 Å². The average molecular weight is 280 g/mol. The number of rotatable bonds is 3. The zero-order valence-corrected chi connectivity index (χ0v) is 11.0. The van der Waals surface area contributed by atoms with Crippen molar-refractivity contribution in [2.24, 2.45) is 0 Å². The van der Waals surface area contributed by atoms with Crippen LogP contribution in [0.2, 0.25) is 0 Å². The maximum absolute atomic E-state index is 12.9. The number of urea groups is 1. The van der Waals surface area contributed by atoms with Gasteiger partial charge in [-0.15, -0.1) is 0 Å². The number of imide groups is 1. The summed E-state index contributed by atoms with van der Waals surface area (Å²) >= 11 is 0. The van der Waals surface area contributed by atoms with E-state index in [1.54, 1.807) is 0 Å². The molecule has 1 aliphatic heterocycles. The zero-order valence-electron chi connectivity index (χ0n) is 11.0. The van der Waals surface area contributed by atoms with Crippen molar-refractivity contribution in [3.8, 4) is 0 Å². The second-order valence-corrected chi connectivity index (χ2v) is 4.53. The van der Waals surface area contributed by atoms with Gasteiger partial charge >= 0.3 is 12.0 Å². The van der Waals surface area contributed by atoms with Crippen molar-refractivity contribution in [1.29, 1.82) is 0 Å². The molecular formula is C13H13FN2O4. The summed E-state index contributed by atoms with van der Waals surface area (Å²) in [6.07, 6.45) is 0. The molecule has 1 heterocycles. The van der Waals surface area contributed by atoms with Gasteiger partial charge in [0.25, 0.3) is 5.91 Å². The molecule has 0 bridgehead atoms. The molecule has 20 heavy (non-hydrogen) atoms. The van der Waals surface area contributed by atoms with E-state index in [9.17, 15) is 18.8 Å². The van der Waals surface area contributed by atoms with Crippen LogP contribution in [-0.2, 0) is 19.9 Å². The number of methoxy groups -OCH3 is 1. The number of amides is 3. The maximum atomic E-state index is 12.9. The van der Waals surface area contributed by atoms with Gasteiger partial charge in [0.15, 0.2) is 0 Å². The van der Waals surface area contributed by atoms with Gasteiger partial charge in [-0.2, -0.15) is 0 Å². The Morgan fingerprint density at radius 3 is 2.50 bits per heavy atom. The molecule has 0 aliphatic carbocycles. The number of ether oxygens (including phenoxy) is 1. The Kier molecular flexibility index (Phi) is 3.44. The van der Waals surface area contributed by atoms with E-state index >= 15 is 0 Å². The summed E-state index contributed by atoms with van der Waals surface area (Å²) < 4.78 is 17.4. The number of halogens is 1. The number of hydrogen-bond donors (Lipinski definition) is 1. The first-order chi connectivity index (χ1) is 9.38. The van der Waals surface area contributed by atoms with Crippen LogP contribution >= 0.6 is 0 Å². The highest BCUT2D eigenvalue weighted by atomic mass is 19.1. The van der Waals surface area contributed by atoms with E-state index < -0.39 is 35.8 Å².